The lowest BCUT2D eigenvalue weighted by Gasteiger charge is -2.06. The molecule has 0 atom stereocenters. The summed E-state index contributed by atoms with van der Waals surface area (Å²) in [6.45, 7) is 2.39. The lowest BCUT2D eigenvalue weighted by atomic mass is 10.1. The van der Waals surface area contributed by atoms with E-state index < -0.39 is 10.9 Å². The third-order valence-electron chi connectivity index (χ3n) is 2.82. The molecule has 0 saturated heterocycles. The van der Waals surface area contributed by atoms with Crippen LogP contribution in [0.1, 0.15) is 27.2 Å². The summed E-state index contributed by atoms with van der Waals surface area (Å²) in [7, 11) is 0. The highest BCUT2D eigenvalue weighted by Crippen LogP contribution is 2.26. The number of carboxylic acid groups (broad SMARTS) is 1. The molecule has 2 aromatic rings. The molecule has 2 rings (SSSR count). The first kappa shape index (κ1) is 14.9. The van der Waals surface area contributed by atoms with Gasteiger partial charge >= 0.3 is 5.97 Å². The highest BCUT2D eigenvalue weighted by Gasteiger charge is 2.17. The molecule has 0 bridgehead atoms. The van der Waals surface area contributed by atoms with Crippen molar-refractivity contribution >= 4 is 28.7 Å². The molecule has 0 aliphatic rings. The molecule has 8 heteroatoms. The Morgan fingerprint density at radius 3 is 2.86 bits per heavy atom. The van der Waals surface area contributed by atoms with Crippen molar-refractivity contribution in [3.63, 3.8) is 0 Å². The predicted octanol–water partition coefficient (Wildman–Crippen LogP) is 2.92. The molecule has 1 aromatic heterocycles. The van der Waals surface area contributed by atoms with Crippen molar-refractivity contribution in [2.45, 2.75) is 19.9 Å². The maximum atomic E-state index is 11.0. The largest absolute Gasteiger partial charge is 0.478 e. The SMILES string of the molecule is CCc1cnc(CNc2ccc(C(=O)O)cc2[N+](=O)[O-])s1. The molecule has 0 aliphatic heterocycles. The second-order valence-corrected chi connectivity index (χ2v) is 5.42. The summed E-state index contributed by atoms with van der Waals surface area (Å²) >= 11 is 1.54. The van der Waals surface area contributed by atoms with Crippen molar-refractivity contribution in [2.75, 3.05) is 5.32 Å². The minimum atomic E-state index is -1.20. The molecule has 2 N–H and O–H groups in total. The second kappa shape index (κ2) is 6.31. The topological polar surface area (TPSA) is 105 Å². The summed E-state index contributed by atoms with van der Waals surface area (Å²) in [6.07, 6.45) is 2.68. The number of benzene rings is 1. The first-order valence-electron chi connectivity index (χ1n) is 6.20. The van der Waals surface area contributed by atoms with Crippen molar-refractivity contribution in [2.24, 2.45) is 0 Å². The van der Waals surface area contributed by atoms with Crippen molar-refractivity contribution in [1.82, 2.24) is 4.98 Å². The number of nitrogens with one attached hydrogen (secondary N) is 1. The van der Waals surface area contributed by atoms with E-state index in [1.54, 1.807) is 6.20 Å². The summed E-state index contributed by atoms with van der Waals surface area (Å²) in [5.41, 5.74) is -0.102. The third kappa shape index (κ3) is 3.54. The van der Waals surface area contributed by atoms with Gasteiger partial charge < -0.3 is 10.4 Å². The molecule has 21 heavy (non-hydrogen) atoms. The predicted molar refractivity (Wildman–Crippen MR) is 78.9 cm³/mol. The van der Waals surface area contributed by atoms with E-state index in [1.807, 2.05) is 6.92 Å². The second-order valence-electron chi connectivity index (χ2n) is 4.22. The van der Waals surface area contributed by atoms with Gasteiger partial charge in [-0.1, -0.05) is 6.92 Å². The minimum absolute atomic E-state index is 0.116. The van der Waals surface area contributed by atoms with E-state index in [0.717, 1.165) is 22.4 Å². The van der Waals surface area contributed by atoms with Crippen LogP contribution in [0.25, 0.3) is 0 Å². The molecule has 110 valence electrons. The number of aromatic carboxylic acids is 1. The van der Waals surface area contributed by atoms with Crippen molar-refractivity contribution < 1.29 is 14.8 Å². The number of aryl methyl sites for hydroxylation is 1. The molecule has 1 aromatic carbocycles. The Hall–Kier alpha value is -2.48. The van der Waals surface area contributed by atoms with Gasteiger partial charge in [-0.05, 0) is 18.6 Å². The highest BCUT2D eigenvalue weighted by molar-refractivity contribution is 7.11. The first-order valence-corrected chi connectivity index (χ1v) is 7.02. The zero-order valence-electron chi connectivity index (χ0n) is 11.2. The Morgan fingerprint density at radius 1 is 1.52 bits per heavy atom. The van der Waals surface area contributed by atoms with E-state index in [9.17, 15) is 14.9 Å². The summed E-state index contributed by atoms with van der Waals surface area (Å²) in [5, 5.41) is 23.6. The zero-order valence-corrected chi connectivity index (χ0v) is 12.0. The Kier molecular flexibility index (Phi) is 4.49. The Bertz CT molecular complexity index is 684. The number of nitro benzene ring substituents is 1. The van der Waals surface area contributed by atoms with E-state index >= 15 is 0 Å². The maximum Gasteiger partial charge on any atom is 0.335 e. The van der Waals surface area contributed by atoms with Gasteiger partial charge in [0.05, 0.1) is 17.0 Å². The third-order valence-corrected chi connectivity index (χ3v) is 3.96. The van der Waals surface area contributed by atoms with E-state index in [-0.39, 0.29) is 16.9 Å². The normalized spacial score (nSPS) is 10.3. The lowest BCUT2D eigenvalue weighted by Crippen LogP contribution is -2.04. The number of nitrogens with zero attached hydrogens (tertiary/aromatic N) is 2. The summed E-state index contributed by atoms with van der Waals surface area (Å²) < 4.78 is 0. The smallest absolute Gasteiger partial charge is 0.335 e. The quantitative estimate of drug-likeness (QED) is 0.628. The fourth-order valence-corrected chi connectivity index (χ4v) is 2.53. The number of aromatic nitrogens is 1. The van der Waals surface area contributed by atoms with Crippen LogP contribution in [0.3, 0.4) is 0 Å². The van der Waals surface area contributed by atoms with Gasteiger partial charge in [-0.15, -0.1) is 11.3 Å². The number of hydrogen-bond donors (Lipinski definition) is 2. The van der Waals surface area contributed by atoms with Gasteiger partial charge in [0.1, 0.15) is 10.7 Å². The minimum Gasteiger partial charge on any atom is -0.478 e. The molecule has 0 saturated carbocycles. The molecule has 0 unspecified atom stereocenters. The van der Waals surface area contributed by atoms with E-state index in [4.69, 9.17) is 5.11 Å². The molecule has 0 amide bonds. The van der Waals surface area contributed by atoms with Crippen molar-refractivity contribution in [3.05, 3.63) is 50.0 Å². The molecule has 0 radical (unpaired) electrons. The fourth-order valence-electron chi connectivity index (χ4n) is 1.73. The van der Waals surface area contributed by atoms with Crippen LogP contribution in [0, 0.1) is 10.1 Å². The standard InChI is InChI=1S/C13H13N3O4S/c1-2-9-6-15-12(21-9)7-14-10-4-3-8(13(17)18)5-11(10)16(19)20/h3-6,14H,2,7H2,1H3,(H,17,18). The summed E-state index contributed by atoms with van der Waals surface area (Å²) in [6, 6.07) is 3.77. The van der Waals surface area contributed by atoms with Gasteiger partial charge in [-0.3, -0.25) is 10.1 Å². The molecule has 0 fully saturated rings. The average molecular weight is 307 g/mol. The maximum absolute atomic E-state index is 11.0. The van der Waals surface area contributed by atoms with Crippen molar-refractivity contribution in [1.29, 1.82) is 0 Å². The first-order chi connectivity index (χ1) is 10.0. The van der Waals surface area contributed by atoms with Crippen LogP contribution in [0.15, 0.2) is 24.4 Å². The highest BCUT2D eigenvalue weighted by atomic mass is 32.1. The number of anilines is 1. The number of carbonyl (C=O) groups is 1. The van der Waals surface area contributed by atoms with E-state index in [2.05, 4.69) is 10.3 Å². The summed E-state index contributed by atoms with van der Waals surface area (Å²) in [4.78, 5) is 26.6. The monoisotopic (exact) mass is 307 g/mol. The van der Waals surface area contributed by atoms with Gasteiger partial charge in [0.15, 0.2) is 0 Å². The zero-order chi connectivity index (χ0) is 15.4. The number of carboxylic acids is 1. The molecule has 1 heterocycles. The Labute approximate surface area is 124 Å². The number of thiazole rings is 1. The fraction of sp³-hybridized carbons (Fsp3) is 0.231. The van der Waals surface area contributed by atoms with Crippen LogP contribution >= 0.6 is 11.3 Å². The van der Waals surface area contributed by atoms with Crippen LogP contribution in [0.4, 0.5) is 11.4 Å². The van der Waals surface area contributed by atoms with Gasteiger partial charge in [-0.2, -0.15) is 0 Å². The molecular formula is C13H13N3O4S. The molecule has 0 aliphatic carbocycles. The van der Waals surface area contributed by atoms with E-state index in [0.29, 0.717) is 6.54 Å². The van der Waals surface area contributed by atoms with Crippen molar-refractivity contribution in [3.8, 4) is 0 Å². The van der Waals surface area contributed by atoms with Gasteiger partial charge in [-0.25, -0.2) is 9.78 Å². The van der Waals surface area contributed by atoms with Gasteiger partial charge in [0, 0.05) is 17.1 Å². The summed E-state index contributed by atoms with van der Waals surface area (Å²) in [5.74, 6) is -1.20. The average Bonchev–Trinajstić information content (AvgIpc) is 2.92. The van der Waals surface area contributed by atoms with E-state index in [1.165, 1.54) is 23.5 Å². The number of hydrogen-bond acceptors (Lipinski definition) is 6. The molecule has 7 nitrogen and oxygen atoms in total. The molecular weight excluding hydrogens is 294 g/mol. The van der Waals surface area contributed by atoms with Gasteiger partial charge in [0.25, 0.3) is 5.69 Å². The lowest BCUT2D eigenvalue weighted by molar-refractivity contribution is -0.384. The number of rotatable bonds is 6. The van der Waals surface area contributed by atoms with Crippen LogP contribution in [-0.2, 0) is 13.0 Å². The number of nitro groups is 1. The van der Waals surface area contributed by atoms with Crippen LogP contribution in [-0.4, -0.2) is 21.0 Å². The Morgan fingerprint density at radius 2 is 2.29 bits per heavy atom. The molecule has 0 spiro atoms. The van der Waals surface area contributed by atoms with Crippen LogP contribution < -0.4 is 5.32 Å². The van der Waals surface area contributed by atoms with Gasteiger partial charge in [0.2, 0.25) is 0 Å². The van der Waals surface area contributed by atoms with Crippen LogP contribution in [0.2, 0.25) is 0 Å². The Balaban J connectivity index is 2.19. The van der Waals surface area contributed by atoms with Crippen LogP contribution in [0.5, 0.6) is 0 Å².